The van der Waals surface area contributed by atoms with E-state index in [-0.39, 0.29) is 5.41 Å². The third-order valence-electron chi connectivity index (χ3n) is 4.17. The Bertz CT molecular complexity index is 611. The van der Waals surface area contributed by atoms with Crippen molar-refractivity contribution in [2.45, 2.75) is 19.8 Å². The van der Waals surface area contributed by atoms with Crippen LogP contribution in [0.1, 0.15) is 19.8 Å². The van der Waals surface area contributed by atoms with Crippen LogP contribution in [0.5, 0.6) is 0 Å². The van der Waals surface area contributed by atoms with E-state index in [0.29, 0.717) is 5.84 Å². The molecule has 3 N–H and O–H groups in total. The summed E-state index contributed by atoms with van der Waals surface area (Å²) in [5, 5.41) is 10.2. The van der Waals surface area contributed by atoms with Gasteiger partial charge in [-0.3, -0.25) is 5.41 Å². The minimum absolute atomic E-state index is 0.128. The molecule has 0 aliphatic carbocycles. The third-order valence-corrected chi connectivity index (χ3v) is 5.11. The lowest BCUT2D eigenvalue weighted by Crippen LogP contribution is -2.45. The molecule has 0 unspecified atom stereocenters. The molecule has 1 aliphatic rings. The molecule has 0 atom stereocenters. The van der Waals surface area contributed by atoms with E-state index in [2.05, 4.69) is 34.4 Å². The number of benzene rings is 1. The zero-order chi connectivity index (χ0) is 13.5. The highest BCUT2D eigenvalue weighted by molar-refractivity contribution is 7.11. The number of rotatable bonds is 2. The number of hydrogen-bond donors (Lipinski definition) is 2. The maximum Gasteiger partial charge on any atom is 0.119 e. The number of amidine groups is 1. The van der Waals surface area contributed by atoms with Crippen molar-refractivity contribution < 1.29 is 0 Å². The molecule has 0 spiro atoms. The zero-order valence-corrected chi connectivity index (χ0v) is 11.8. The van der Waals surface area contributed by atoms with Crippen molar-refractivity contribution in [1.29, 1.82) is 5.41 Å². The topological polar surface area (TPSA) is 66.0 Å². The van der Waals surface area contributed by atoms with Gasteiger partial charge in [-0.15, -0.1) is 0 Å². The van der Waals surface area contributed by atoms with Crippen LogP contribution in [-0.4, -0.2) is 23.3 Å². The summed E-state index contributed by atoms with van der Waals surface area (Å²) in [6, 6.07) is 8.27. The van der Waals surface area contributed by atoms with E-state index in [0.717, 1.165) is 31.4 Å². The summed E-state index contributed by atoms with van der Waals surface area (Å²) in [5.41, 5.74) is 6.65. The summed E-state index contributed by atoms with van der Waals surface area (Å²) in [6.07, 6.45) is 1.88. The smallest absolute Gasteiger partial charge is 0.119 e. The van der Waals surface area contributed by atoms with Gasteiger partial charge in [0.15, 0.2) is 0 Å². The van der Waals surface area contributed by atoms with Crippen LogP contribution in [0, 0.1) is 10.8 Å². The first kappa shape index (κ1) is 12.4. The third kappa shape index (κ3) is 2.08. The largest absolute Gasteiger partial charge is 0.387 e. The van der Waals surface area contributed by atoms with Crippen molar-refractivity contribution in [3.63, 3.8) is 0 Å². The second-order valence-corrected chi connectivity index (χ2v) is 6.22. The van der Waals surface area contributed by atoms with E-state index in [9.17, 15) is 0 Å². The Hall–Kier alpha value is -1.62. The highest BCUT2D eigenvalue weighted by atomic mass is 32.1. The molecule has 5 heteroatoms. The van der Waals surface area contributed by atoms with Gasteiger partial charge in [-0.25, -0.2) is 0 Å². The fourth-order valence-corrected chi connectivity index (χ4v) is 3.49. The van der Waals surface area contributed by atoms with Gasteiger partial charge in [-0.05, 0) is 36.5 Å². The fraction of sp³-hybridized carbons (Fsp3) is 0.429. The molecule has 1 aromatic heterocycles. The number of piperidine rings is 1. The van der Waals surface area contributed by atoms with Crippen LogP contribution in [0.2, 0.25) is 0 Å². The highest BCUT2D eigenvalue weighted by Crippen LogP contribution is 2.37. The molecule has 1 aromatic carbocycles. The Morgan fingerprint density at radius 2 is 2.05 bits per heavy atom. The van der Waals surface area contributed by atoms with Crippen LogP contribution in [0.4, 0.5) is 5.00 Å². The molecule has 0 saturated carbocycles. The normalized spacial score (nSPS) is 18.7. The average molecular weight is 274 g/mol. The lowest BCUT2D eigenvalue weighted by Gasteiger charge is -2.39. The minimum Gasteiger partial charge on any atom is -0.387 e. The van der Waals surface area contributed by atoms with Gasteiger partial charge < -0.3 is 10.6 Å². The highest BCUT2D eigenvalue weighted by Gasteiger charge is 2.33. The average Bonchev–Trinajstić information content (AvgIpc) is 2.83. The van der Waals surface area contributed by atoms with Gasteiger partial charge in [0.25, 0.3) is 0 Å². The Labute approximate surface area is 116 Å². The molecule has 4 nitrogen and oxygen atoms in total. The van der Waals surface area contributed by atoms with E-state index in [4.69, 9.17) is 11.1 Å². The van der Waals surface area contributed by atoms with Crippen molar-refractivity contribution in [2.75, 3.05) is 18.0 Å². The molecule has 1 fully saturated rings. The molecule has 19 heavy (non-hydrogen) atoms. The van der Waals surface area contributed by atoms with E-state index < -0.39 is 0 Å². The summed E-state index contributed by atoms with van der Waals surface area (Å²) in [5.74, 6) is 0.321. The van der Waals surface area contributed by atoms with Gasteiger partial charge in [0.2, 0.25) is 0 Å². The quantitative estimate of drug-likeness (QED) is 0.653. The number of nitrogens with two attached hydrogens (primary N) is 1. The van der Waals surface area contributed by atoms with Crippen LogP contribution in [0.15, 0.2) is 24.3 Å². The predicted octanol–water partition coefficient (Wildman–Crippen LogP) is 2.84. The molecule has 3 rings (SSSR count). The summed E-state index contributed by atoms with van der Waals surface area (Å²) < 4.78 is 4.50. The number of nitrogens with one attached hydrogen (secondary N) is 1. The molecule has 1 saturated heterocycles. The first-order valence-electron chi connectivity index (χ1n) is 6.54. The lowest BCUT2D eigenvalue weighted by atomic mass is 9.79. The molecular weight excluding hydrogens is 256 g/mol. The molecule has 100 valence electrons. The summed E-state index contributed by atoms with van der Waals surface area (Å²) in [7, 11) is 0. The van der Waals surface area contributed by atoms with Crippen molar-refractivity contribution >= 4 is 33.3 Å². The van der Waals surface area contributed by atoms with E-state index in [1.165, 1.54) is 10.4 Å². The van der Waals surface area contributed by atoms with E-state index >= 15 is 0 Å². The Morgan fingerprint density at radius 3 is 2.74 bits per heavy atom. The van der Waals surface area contributed by atoms with E-state index in [1.807, 2.05) is 6.07 Å². The van der Waals surface area contributed by atoms with Crippen LogP contribution in [0.3, 0.4) is 0 Å². The number of hydrogen-bond acceptors (Lipinski definition) is 4. The molecule has 0 bridgehead atoms. The van der Waals surface area contributed by atoms with Gasteiger partial charge in [-0.2, -0.15) is 4.37 Å². The lowest BCUT2D eigenvalue weighted by molar-refractivity contribution is 0.352. The van der Waals surface area contributed by atoms with Crippen LogP contribution in [-0.2, 0) is 0 Å². The van der Waals surface area contributed by atoms with E-state index in [1.54, 1.807) is 11.5 Å². The molecule has 1 aliphatic heterocycles. The van der Waals surface area contributed by atoms with Gasteiger partial charge in [0.1, 0.15) is 5.00 Å². The maximum atomic E-state index is 7.71. The SMILES string of the molecule is CC1(C(=N)N)CCN(c2snc3ccccc23)CC1. The van der Waals surface area contributed by atoms with Gasteiger partial charge in [-0.1, -0.05) is 19.1 Å². The van der Waals surface area contributed by atoms with Crippen LogP contribution >= 0.6 is 11.5 Å². The second kappa shape index (κ2) is 4.49. The van der Waals surface area contributed by atoms with Gasteiger partial charge in [0, 0.05) is 23.9 Å². The summed E-state index contributed by atoms with van der Waals surface area (Å²) in [4.78, 5) is 2.38. The fourth-order valence-electron chi connectivity index (χ4n) is 2.58. The van der Waals surface area contributed by atoms with Crippen molar-refractivity contribution in [1.82, 2.24) is 4.37 Å². The zero-order valence-electron chi connectivity index (χ0n) is 11.0. The summed E-state index contributed by atoms with van der Waals surface area (Å²) in [6.45, 7) is 3.99. The molecule has 2 heterocycles. The minimum atomic E-state index is -0.128. The number of anilines is 1. The van der Waals surface area contributed by atoms with Gasteiger partial charge >= 0.3 is 0 Å². The van der Waals surface area contributed by atoms with Crippen LogP contribution in [0.25, 0.3) is 10.9 Å². The molecule has 0 amide bonds. The number of fused-ring (bicyclic) bond motifs is 1. The molecule has 2 aromatic rings. The number of nitrogens with zero attached hydrogens (tertiary/aromatic N) is 2. The standard InChI is InChI=1S/C14H18N4S/c1-14(13(15)16)6-8-18(9-7-14)12-10-4-2-3-5-11(10)17-19-12/h2-5H,6-9H2,1H3,(H3,15,16). The second-order valence-electron chi connectivity index (χ2n) is 5.47. The Balaban J connectivity index is 1.84. The first-order valence-corrected chi connectivity index (χ1v) is 7.31. The predicted molar refractivity (Wildman–Crippen MR) is 81.1 cm³/mol. The monoisotopic (exact) mass is 274 g/mol. The van der Waals surface area contributed by atoms with Crippen LogP contribution < -0.4 is 10.6 Å². The van der Waals surface area contributed by atoms with Crippen molar-refractivity contribution in [3.8, 4) is 0 Å². The number of aromatic nitrogens is 1. The molecular formula is C14H18N4S. The summed E-state index contributed by atoms with van der Waals surface area (Å²) >= 11 is 1.57. The first-order chi connectivity index (χ1) is 9.10. The Kier molecular flexibility index (Phi) is 2.93. The maximum absolute atomic E-state index is 7.71. The molecule has 0 radical (unpaired) electrons. The van der Waals surface area contributed by atoms with Gasteiger partial charge in [0.05, 0.1) is 11.4 Å². The van der Waals surface area contributed by atoms with Crippen molar-refractivity contribution in [3.05, 3.63) is 24.3 Å². The van der Waals surface area contributed by atoms with Crippen molar-refractivity contribution in [2.24, 2.45) is 11.1 Å². The Morgan fingerprint density at radius 1 is 1.37 bits per heavy atom.